The lowest BCUT2D eigenvalue weighted by Crippen LogP contribution is -2.36. The molecule has 0 spiro atoms. The molecule has 12 aliphatic rings. The van der Waals surface area contributed by atoms with Crippen molar-refractivity contribution >= 4 is 173 Å². The van der Waals surface area contributed by atoms with Crippen molar-refractivity contribution in [3.63, 3.8) is 0 Å². The molecule has 0 radical (unpaired) electrons. The number of halogens is 1. The Morgan fingerprint density at radius 1 is 0.420 bits per heavy atom. The zero-order valence-electron chi connectivity index (χ0n) is 66.0. The zero-order valence-corrected chi connectivity index (χ0v) is 73.1. The number of hydrogen-bond donors (Lipinski definition) is 13. The summed E-state index contributed by atoms with van der Waals surface area (Å²) in [7, 11) is -20.0. The summed E-state index contributed by atoms with van der Waals surface area (Å²) >= 11 is 9.38. The molecule has 702 valence electrons. The van der Waals surface area contributed by atoms with Crippen LogP contribution in [0.2, 0.25) is 0 Å². The van der Waals surface area contributed by atoms with E-state index in [-0.39, 0.29) is 142 Å². The molecule has 9 aromatic heterocycles. The third-order valence-electron chi connectivity index (χ3n) is 22.0. The normalized spacial score (nSPS) is 38.5. The zero-order chi connectivity index (χ0) is 92.0. The summed E-state index contributed by atoms with van der Waals surface area (Å²) in [6.45, 7) is -12.1. The second-order valence-corrected chi connectivity index (χ2v) is 41.6. The number of anilines is 3. The Morgan fingerprint density at radius 3 is 1.41 bits per heavy atom. The molecule has 28 atom stereocenters. The number of carbonyl (C=O) groups excluding carboxylic acids is 3. The van der Waals surface area contributed by atoms with Crippen molar-refractivity contribution in [3.8, 4) is 0 Å². The Morgan fingerprint density at radius 2 is 0.863 bits per heavy atom. The lowest BCUT2D eigenvalue weighted by molar-refractivity contribution is -0.0673. The molecule has 59 nitrogen and oxygen atoms in total. The number of ether oxygens (including phenoxy) is 6. The minimum absolute atomic E-state index is 0.00624. The Kier molecular flexibility index (Phi) is 24.7. The van der Waals surface area contributed by atoms with Crippen LogP contribution in [0.25, 0.3) is 33.5 Å². The van der Waals surface area contributed by atoms with Crippen molar-refractivity contribution in [2.75, 3.05) is 56.8 Å². The van der Waals surface area contributed by atoms with Gasteiger partial charge >= 0.3 is 44.8 Å². The van der Waals surface area contributed by atoms with E-state index in [0.717, 1.165) is 23.5 Å². The maximum absolute atomic E-state index is 15.8. The minimum Gasteiger partial charge on any atom is -0.387 e. The van der Waals surface area contributed by atoms with E-state index in [4.69, 9.17) is 112 Å². The van der Waals surface area contributed by atoms with Crippen LogP contribution in [-0.2, 0) is 117 Å². The van der Waals surface area contributed by atoms with Gasteiger partial charge < -0.3 is 89.9 Å². The van der Waals surface area contributed by atoms with Gasteiger partial charge in [-0.2, -0.15) is 4.98 Å². The summed E-state index contributed by atoms with van der Waals surface area (Å²) < 4.78 is 189. The topological polar surface area (TPSA) is 784 Å². The standard InChI is InChI=1S/C21H23FN8O12P2.C21H24N8O12P2.C21H24N8O11P2S2/c22-11-15-10(40-20(11)29-6-27-12-8(31)1-2-24-18(12)29)4-38-44(35,36)42-16-14(32)9(3-37-43(33,34)41-15)39-21(16)30-7-28-13-17(23)25-5-26-19(13)30;22-18-15-20(25-6-24-18)29(8-27-15)21-17-16(31)12(39-21)5-37-42(32,33)40-10-3-13(38-11(10)4-36-43(34,35)41-17)28-7-26-14-9(30)1-2-23-19(14)28;22-21-26-17-13(18(32)27-21)25-7-29(17)19-10-3-8(37-19)4-35-42(34,44)40-15-11(5-36-41(33,43)39-10)38-20(14(15)31)28-6-24-12-9(30)1-2-23-16(12)28/h2,5-7,9-11,14-16,20-21,32H,1,3-4H2,(H,33,34)(H,35,36)(H2,23,25,26);2,6-8,10-13,16-17,21,31H,1,3-5H2,(H,32,33)(H,34,35)(H2,22,24,25);2,6-8,10-11,14-15,19-20,31H,1,3-5H2,(H,33,43)(H,34,44)(H3,22,26,27,32)/t9-,10-,11-,14-,15-,16-,20-,21-;10-,11+,12+,13+,16+,17+,21+;8-,10+,11+,14+,15+,19+,20+,41?,42?/m100/s1. The number of nitrogens with two attached hydrogens (primary N) is 3. The van der Waals surface area contributed by atoms with Gasteiger partial charge in [0.05, 0.1) is 83.7 Å². The van der Waals surface area contributed by atoms with Crippen LogP contribution >= 0.6 is 57.1 Å². The van der Waals surface area contributed by atoms with Crippen LogP contribution in [-0.4, -0.2) is 300 Å². The molecule has 9 aromatic rings. The van der Waals surface area contributed by atoms with Gasteiger partial charge in [-0.25, -0.2) is 92.0 Å². The molecule has 9 fully saturated rings. The average molecular weight is 1990 g/mol. The molecule has 131 heavy (non-hydrogen) atoms. The van der Waals surface area contributed by atoms with E-state index in [1.165, 1.54) is 73.1 Å². The highest BCUT2D eigenvalue weighted by Gasteiger charge is 2.58. The molecule has 21 heterocycles. The van der Waals surface area contributed by atoms with Gasteiger partial charge in [0.15, 0.2) is 123 Å². The summed E-state index contributed by atoms with van der Waals surface area (Å²) in [4.78, 5) is 162. The number of aliphatic imine (C=N–C) groups is 3. The molecule has 0 saturated carbocycles. The first-order valence-corrected chi connectivity index (χ1v) is 50.1. The fourth-order valence-electron chi connectivity index (χ4n) is 16.0. The van der Waals surface area contributed by atoms with E-state index in [0.29, 0.717) is 0 Å². The van der Waals surface area contributed by atoms with Crippen LogP contribution in [0.15, 0.2) is 70.4 Å². The molecule has 9 saturated heterocycles. The third-order valence-corrected chi connectivity index (χ3v) is 29.2. The Hall–Kier alpha value is -8.46. The number of aliphatic hydroxyl groups is 3. The number of thiol groups is 1. The first kappa shape index (κ1) is 91.6. The van der Waals surface area contributed by atoms with Crippen LogP contribution in [0.4, 0.5) is 39.4 Å². The Labute approximate surface area is 738 Å². The van der Waals surface area contributed by atoms with Gasteiger partial charge in [0.2, 0.25) is 5.95 Å². The summed E-state index contributed by atoms with van der Waals surface area (Å²) in [5, 5.41) is 33.2. The van der Waals surface area contributed by atoms with Gasteiger partial charge in [0, 0.05) is 50.7 Å². The second-order valence-electron chi connectivity index (χ2n) is 30.3. The Bertz CT molecular complexity index is 6500. The first-order chi connectivity index (χ1) is 62.3. The number of aromatic nitrogens is 18. The van der Waals surface area contributed by atoms with Crippen LogP contribution in [0.1, 0.15) is 101 Å². The second kappa shape index (κ2) is 35.3. The highest BCUT2D eigenvalue weighted by Crippen LogP contribution is 2.61. The lowest BCUT2D eigenvalue weighted by atomic mass is 10.1. The maximum Gasteiger partial charge on any atom is 0.472 e. The number of nitrogens with zero attached hydrogens (tertiary/aromatic N) is 20. The molecular formula is C63H71FN24O35P6S2. The van der Waals surface area contributed by atoms with Crippen LogP contribution < -0.4 is 22.8 Å². The van der Waals surface area contributed by atoms with E-state index in [1.807, 2.05) is 0 Å². The number of rotatable bonds is 6. The van der Waals surface area contributed by atoms with Crippen LogP contribution in [0.5, 0.6) is 0 Å². The number of alkyl halides is 1. The fraction of sp³-hybridized carbons (Fsp3) is 0.524. The number of nitrogen functional groups attached to an aromatic ring is 3. The van der Waals surface area contributed by atoms with Gasteiger partial charge in [0.25, 0.3) is 5.56 Å². The monoisotopic (exact) mass is 1990 g/mol. The highest BCUT2D eigenvalue weighted by atomic mass is 32.7. The van der Waals surface area contributed by atoms with Gasteiger partial charge in [-0.05, 0) is 11.8 Å². The van der Waals surface area contributed by atoms with E-state index in [9.17, 15) is 81.8 Å². The lowest BCUT2D eigenvalue weighted by Gasteiger charge is -2.27. The largest absolute Gasteiger partial charge is 0.472 e. The van der Waals surface area contributed by atoms with E-state index in [1.54, 1.807) is 0 Å². The average Bonchev–Trinajstić information content (AvgIpc) is 1.62. The number of H-pyrrole nitrogens is 1. The summed E-state index contributed by atoms with van der Waals surface area (Å²) in [5.41, 5.74) is 17.7. The fourth-order valence-corrected chi connectivity index (χ4v) is 22.8. The van der Waals surface area contributed by atoms with Crippen molar-refractivity contribution in [1.29, 1.82) is 0 Å². The molecule has 0 amide bonds. The van der Waals surface area contributed by atoms with Gasteiger partial charge in [-0.15, -0.1) is 0 Å². The van der Waals surface area contributed by atoms with Crippen molar-refractivity contribution in [3.05, 3.63) is 78.1 Å². The number of hydrogen-bond acceptors (Lipinski definition) is 48. The number of carbonyl (C=O) groups is 3. The minimum atomic E-state index is -5.12. The number of fused-ring (bicyclic) bond motifs is 15. The molecule has 68 heteroatoms. The van der Waals surface area contributed by atoms with Crippen LogP contribution in [0, 0.1) is 0 Å². The smallest absolute Gasteiger partial charge is 0.387 e. The van der Waals surface area contributed by atoms with Gasteiger partial charge in [0.1, 0.15) is 115 Å². The molecule has 6 bridgehead atoms. The number of ketones is 3. The van der Waals surface area contributed by atoms with Crippen molar-refractivity contribution in [1.82, 2.24) is 87.2 Å². The molecule has 0 aromatic carbocycles. The SMILES string of the molecule is Nc1nc2c(ncn2[C@@H]2O[C@@H]3COP(O)(=S)O[C@H]4[C@@H](O)[C@H](n5cnc6c5N=CCC6=O)O[C@@H]4COP(=O)(S)O[C@@H]2C3)c(=O)[nH]1.Nc1ncnc2c1ncn2[C@@H]1O[C@@H]2COP(=O)(O)O[C@H]3C[C@H](n4cnc5c4N=CCC5=O)O[C@@H]3COP(=O)(O)O[C@@H]1[C@@H]2O.Nc1ncnc2c1ncn2[C@@H]1O[C@@H]2COP(=O)(O)O[C@H]3[C@@H](F)[C@H](n4cnc5c4N=CCC5=O)O[C@@H]3COP(=O)(O)O[C@@H]1[C@@H]2O. The molecule has 12 aliphatic heterocycles. The van der Waals surface area contributed by atoms with E-state index < -0.39 is 218 Å². The predicted molar refractivity (Wildman–Crippen MR) is 433 cm³/mol. The summed E-state index contributed by atoms with van der Waals surface area (Å²) in [5.74, 6) is -0.598. The van der Waals surface area contributed by atoms with Crippen LogP contribution in [0.3, 0.4) is 0 Å². The van der Waals surface area contributed by atoms with Crippen molar-refractivity contribution in [2.24, 2.45) is 15.0 Å². The quantitative estimate of drug-likeness (QED) is 0.0807. The summed E-state index contributed by atoms with van der Waals surface area (Å²) in [6, 6.07) is 0. The number of phosphoric acid groups is 4. The van der Waals surface area contributed by atoms with E-state index >= 15 is 4.39 Å². The third kappa shape index (κ3) is 18.1. The molecule has 6 unspecified atom stereocenters. The highest BCUT2D eigenvalue weighted by molar-refractivity contribution is 8.44. The number of aromatic amines is 1. The molecule has 21 rings (SSSR count). The maximum atomic E-state index is 15.8. The molecule has 0 aliphatic carbocycles. The van der Waals surface area contributed by atoms with Gasteiger partial charge in [-0.1, -0.05) is 12.2 Å². The predicted octanol–water partition coefficient (Wildman–Crippen LogP) is 0.768. The van der Waals surface area contributed by atoms with E-state index in [2.05, 4.69) is 87.0 Å². The molecule has 15 N–H and O–H groups in total. The number of aliphatic hydroxyl groups excluding tert-OH is 3. The Balaban J connectivity index is 0.000000127. The number of nitrogens with one attached hydrogen (secondary N) is 1. The number of imidazole rings is 6. The number of phosphoric ester groups is 4. The van der Waals surface area contributed by atoms with Crippen molar-refractivity contribution in [2.45, 2.75) is 167 Å². The molecular weight excluding hydrogens is 1920 g/mol. The summed E-state index contributed by atoms with van der Waals surface area (Å²) in [6.07, 6.45) is -16.7. The van der Waals surface area contributed by atoms with Gasteiger partial charge in [-0.3, -0.25) is 101 Å². The first-order valence-electron chi connectivity index (χ1n) is 38.8. The number of Topliss-reactive ketones (excluding diaryl/α,β-unsaturated/α-hetero) is 3. The van der Waals surface area contributed by atoms with Crippen molar-refractivity contribution < 1.29 is 164 Å².